The second-order valence-corrected chi connectivity index (χ2v) is 3.99. The fraction of sp³-hybridized carbons (Fsp3) is 0.250. The van der Waals surface area contributed by atoms with Gasteiger partial charge in [-0.1, -0.05) is 18.2 Å². The van der Waals surface area contributed by atoms with E-state index in [1.165, 1.54) is 0 Å². The lowest BCUT2D eigenvalue weighted by molar-refractivity contribution is -0.474. The van der Waals surface area contributed by atoms with Gasteiger partial charge >= 0.3 is 0 Å². The third-order valence-corrected chi connectivity index (χ3v) is 2.82. The largest absolute Gasteiger partial charge is 0.265 e. The molecule has 4 nitrogen and oxygen atoms in total. The highest BCUT2D eigenvalue weighted by Gasteiger charge is 2.06. The zero-order valence-electron chi connectivity index (χ0n) is 6.88. The molecule has 1 aromatic carbocycles. The standard InChI is InChI=1S/C8H9NO3S/c10-9(11)6-7-13(12)8-4-2-1-3-5-8/h1-5H,6-7H2. The molecule has 0 spiro atoms. The van der Waals surface area contributed by atoms with Crippen molar-refractivity contribution in [2.75, 3.05) is 12.3 Å². The molecule has 0 aromatic heterocycles. The molecule has 0 aliphatic carbocycles. The Kier molecular flexibility index (Phi) is 3.57. The maximum atomic E-state index is 11.4. The van der Waals surface area contributed by atoms with Crippen molar-refractivity contribution in [1.29, 1.82) is 0 Å². The number of nitro groups is 1. The summed E-state index contributed by atoms with van der Waals surface area (Å²) < 4.78 is 11.4. The van der Waals surface area contributed by atoms with Crippen LogP contribution in [-0.4, -0.2) is 21.4 Å². The second kappa shape index (κ2) is 4.71. The zero-order chi connectivity index (χ0) is 9.68. The molecule has 0 N–H and O–H groups in total. The molecule has 0 heterocycles. The SMILES string of the molecule is O=[N+]([O-])CCS(=O)c1ccccc1. The predicted molar refractivity (Wildman–Crippen MR) is 49.6 cm³/mol. The van der Waals surface area contributed by atoms with Crippen LogP contribution in [0.2, 0.25) is 0 Å². The molecule has 0 amide bonds. The number of benzene rings is 1. The van der Waals surface area contributed by atoms with Gasteiger partial charge in [0, 0.05) is 9.82 Å². The first kappa shape index (κ1) is 9.85. The Labute approximate surface area is 78.2 Å². The predicted octanol–water partition coefficient (Wildman–Crippen LogP) is 1.07. The second-order valence-electron chi connectivity index (χ2n) is 2.42. The normalized spacial score (nSPS) is 12.3. The van der Waals surface area contributed by atoms with Gasteiger partial charge in [-0.25, -0.2) is 0 Å². The Morgan fingerprint density at radius 2 is 1.92 bits per heavy atom. The van der Waals surface area contributed by atoms with Gasteiger partial charge in [-0.15, -0.1) is 0 Å². The third kappa shape index (κ3) is 3.33. The third-order valence-electron chi connectivity index (χ3n) is 1.47. The van der Waals surface area contributed by atoms with Crippen molar-refractivity contribution < 1.29 is 9.13 Å². The van der Waals surface area contributed by atoms with Crippen LogP contribution in [0.5, 0.6) is 0 Å². The van der Waals surface area contributed by atoms with Crippen LogP contribution in [0, 0.1) is 10.1 Å². The number of hydrogen-bond donors (Lipinski definition) is 0. The van der Waals surface area contributed by atoms with Crippen LogP contribution in [-0.2, 0) is 10.8 Å². The highest BCUT2D eigenvalue weighted by molar-refractivity contribution is 7.85. The van der Waals surface area contributed by atoms with E-state index >= 15 is 0 Å². The molecule has 1 rings (SSSR count). The molecule has 0 bridgehead atoms. The van der Waals surface area contributed by atoms with Gasteiger partial charge in [0.05, 0.1) is 16.6 Å². The molecule has 5 heteroatoms. The highest BCUT2D eigenvalue weighted by Crippen LogP contribution is 2.04. The summed E-state index contributed by atoms with van der Waals surface area (Å²) in [7, 11) is -1.25. The van der Waals surface area contributed by atoms with Crippen molar-refractivity contribution in [3.63, 3.8) is 0 Å². The Morgan fingerprint density at radius 3 is 2.46 bits per heavy atom. The fourth-order valence-corrected chi connectivity index (χ4v) is 1.86. The minimum absolute atomic E-state index is 0.0804. The van der Waals surface area contributed by atoms with E-state index < -0.39 is 15.7 Å². The van der Waals surface area contributed by atoms with Crippen molar-refractivity contribution >= 4 is 10.8 Å². The first-order chi connectivity index (χ1) is 6.20. The number of rotatable bonds is 4. The minimum Gasteiger partial charge on any atom is -0.265 e. The molecule has 70 valence electrons. The average Bonchev–Trinajstić information content (AvgIpc) is 2.15. The summed E-state index contributed by atoms with van der Waals surface area (Å²) in [5.41, 5.74) is 0. The van der Waals surface area contributed by atoms with Gasteiger partial charge in [0.25, 0.3) is 0 Å². The van der Waals surface area contributed by atoms with Crippen LogP contribution in [0.4, 0.5) is 0 Å². The average molecular weight is 199 g/mol. The summed E-state index contributed by atoms with van der Waals surface area (Å²) in [5.74, 6) is 0.0804. The van der Waals surface area contributed by atoms with E-state index in [0.717, 1.165) is 0 Å². The Morgan fingerprint density at radius 1 is 1.31 bits per heavy atom. The molecule has 1 unspecified atom stereocenters. The monoisotopic (exact) mass is 199 g/mol. The summed E-state index contributed by atoms with van der Waals surface area (Å²) in [5, 5.41) is 10.0. The van der Waals surface area contributed by atoms with Gasteiger partial charge in [0.15, 0.2) is 0 Å². The van der Waals surface area contributed by atoms with E-state index in [-0.39, 0.29) is 12.3 Å². The summed E-state index contributed by atoms with van der Waals surface area (Å²) in [4.78, 5) is 10.2. The van der Waals surface area contributed by atoms with Crippen LogP contribution >= 0.6 is 0 Å². The number of nitrogens with zero attached hydrogens (tertiary/aromatic N) is 1. The van der Waals surface area contributed by atoms with Crippen molar-refractivity contribution in [2.24, 2.45) is 0 Å². The van der Waals surface area contributed by atoms with E-state index in [9.17, 15) is 14.3 Å². The van der Waals surface area contributed by atoms with E-state index in [1.54, 1.807) is 24.3 Å². The van der Waals surface area contributed by atoms with E-state index in [4.69, 9.17) is 0 Å². The summed E-state index contributed by atoms with van der Waals surface area (Å²) in [6.07, 6.45) is 0. The van der Waals surface area contributed by atoms with Gasteiger partial charge in [0.1, 0.15) is 0 Å². The smallest absolute Gasteiger partial charge is 0.215 e. The summed E-state index contributed by atoms with van der Waals surface area (Å²) >= 11 is 0. The Bertz CT molecular complexity index is 312. The lowest BCUT2D eigenvalue weighted by Crippen LogP contribution is -2.10. The van der Waals surface area contributed by atoms with Gasteiger partial charge in [-0.2, -0.15) is 0 Å². The first-order valence-corrected chi connectivity index (χ1v) is 5.07. The molecular weight excluding hydrogens is 190 g/mol. The molecule has 13 heavy (non-hydrogen) atoms. The van der Waals surface area contributed by atoms with Crippen molar-refractivity contribution in [2.45, 2.75) is 4.90 Å². The topological polar surface area (TPSA) is 60.2 Å². The van der Waals surface area contributed by atoms with E-state index in [1.807, 2.05) is 6.07 Å². The molecule has 0 aliphatic heterocycles. The van der Waals surface area contributed by atoms with Gasteiger partial charge in [-0.05, 0) is 12.1 Å². The highest BCUT2D eigenvalue weighted by atomic mass is 32.2. The van der Waals surface area contributed by atoms with Gasteiger partial charge in [0.2, 0.25) is 6.54 Å². The van der Waals surface area contributed by atoms with Crippen LogP contribution in [0.1, 0.15) is 0 Å². The lowest BCUT2D eigenvalue weighted by Gasteiger charge is -1.97. The number of hydrogen-bond acceptors (Lipinski definition) is 3. The summed E-state index contributed by atoms with van der Waals surface area (Å²) in [6.45, 7) is -0.249. The quantitative estimate of drug-likeness (QED) is 0.538. The van der Waals surface area contributed by atoms with Gasteiger partial charge < -0.3 is 0 Å². The van der Waals surface area contributed by atoms with E-state index in [0.29, 0.717) is 4.90 Å². The van der Waals surface area contributed by atoms with Crippen LogP contribution < -0.4 is 0 Å². The minimum atomic E-state index is -1.25. The van der Waals surface area contributed by atoms with Crippen molar-refractivity contribution in [1.82, 2.24) is 0 Å². The first-order valence-electron chi connectivity index (χ1n) is 3.75. The zero-order valence-corrected chi connectivity index (χ0v) is 7.70. The molecule has 1 aromatic rings. The van der Waals surface area contributed by atoms with Gasteiger partial charge in [-0.3, -0.25) is 14.3 Å². The Hall–Kier alpha value is -1.23. The van der Waals surface area contributed by atoms with Crippen molar-refractivity contribution in [3.05, 3.63) is 40.4 Å². The maximum absolute atomic E-state index is 11.4. The molecule has 0 aliphatic rings. The fourth-order valence-electron chi connectivity index (χ4n) is 0.848. The molecule has 0 radical (unpaired) electrons. The van der Waals surface area contributed by atoms with E-state index in [2.05, 4.69) is 0 Å². The van der Waals surface area contributed by atoms with Crippen LogP contribution in [0.15, 0.2) is 35.2 Å². The maximum Gasteiger partial charge on any atom is 0.215 e. The lowest BCUT2D eigenvalue weighted by atomic mass is 10.4. The molecule has 0 fully saturated rings. The molecule has 1 atom stereocenters. The summed E-state index contributed by atoms with van der Waals surface area (Å²) in [6, 6.07) is 8.75. The van der Waals surface area contributed by atoms with Crippen molar-refractivity contribution in [3.8, 4) is 0 Å². The van der Waals surface area contributed by atoms with Crippen LogP contribution in [0.25, 0.3) is 0 Å². The van der Waals surface area contributed by atoms with Crippen LogP contribution in [0.3, 0.4) is 0 Å². The Balaban J connectivity index is 2.54. The molecular formula is C8H9NO3S. The molecule has 0 saturated heterocycles. The molecule has 0 saturated carbocycles.